The fraction of sp³-hybridized carbons (Fsp3) is 0.500. The third kappa shape index (κ3) is 2.74. The van der Waals surface area contributed by atoms with Crippen LogP contribution < -0.4 is 11.1 Å². The quantitative estimate of drug-likeness (QED) is 0.738. The lowest BCUT2D eigenvalue weighted by molar-refractivity contribution is 0.0697. The molecule has 1 aliphatic carbocycles. The Bertz CT molecular complexity index is 408. The monoisotopic (exact) mass is 235 g/mol. The van der Waals surface area contributed by atoms with E-state index in [4.69, 9.17) is 10.8 Å². The molecule has 0 saturated heterocycles. The highest BCUT2D eigenvalue weighted by Crippen LogP contribution is 2.22. The van der Waals surface area contributed by atoms with Crippen LogP contribution in [0.3, 0.4) is 0 Å². The van der Waals surface area contributed by atoms with Gasteiger partial charge in [-0.15, -0.1) is 0 Å². The summed E-state index contributed by atoms with van der Waals surface area (Å²) in [5, 5.41) is 12.3. The van der Waals surface area contributed by atoms with Gasteiger partial charge in [-0.05, 0) is 18.9 Å². The molecule has 0 bridgehead atoms. The second kappa shape index (κ2) is 5.14. The van der Waals surface area contributed by atoms with E-state index in [1.165, 1.54) is 6.20 Å². The maximum absolute atomic E-state index is 11.0. The van der Waals surface area contributed by atoms with Crippen molar-refractivity contribution in [2.45, 2.75) is 37.8 Å². The van der Waals surface area contributed by atoms with Crippen LogP contribution in [-0.2, 0) is 0 Å². The molecule has 2 atom stereocenters. The third-order valence-corrected chi connectivity index (χ3v) is 3.21. The van der Waals surface area contributed by atoms with Gasteiger partial charge in [-0.2, -0.15) is 0 Å². The van der Waals surface area contributed by atoms with Crippen molar-refractivity contribution in [1.82, 2.24) is 4.98 Å². The van der Waals surface area contributed by atoms with E-state index < -0.39 is 5.97 Å². The minimum atomic E-state index is -0.968. The van der Waals surface area contributed by atoms with E-state index in [-0.39, 0.29) is 17.6 Å². The number of anilines is 1. The minimum Gasteiger partial charge on any atom is -0.478 e. The smallest absolute Gasteiger partial charge is 0.339 e. The Labute approximate surface area is 100 Å². The van der Waals surface area contributed by atoms with Gasteiger partial charge in [-0.25, -0.2) is 4.79 Å². The zero-order valence-electron chi connectivity index (χ0n) is 9.60. The van der Waals surface area contributed by atoms with Gasteiger partial charge in [0.25, 0.3) is 0 Å². The number of carboxylic acid groups (broad SMARTS) is 1. The van der Waals surface area contributed by atoms with Crippen LogP contribution in [0.5, 0.6) is 0 Å². The summed E-state index contributed by atoms with van der Waals surface area (Å²) in [5.74, 6) is -0.968. The standard InChI is InChI=1S/C12H17N3O2/c13-9-3-1-2-4-11(9)15-10-5-6-14-7-8(10)12(16)17/h5-7,9,11H,1-4,13H2,(H,14,15)(H,16,17). The first-order valence-corrected chi connectivity index (χ1v) is 5.88. The van der Waals surface area contributed by atoms with Crippen molar-refractivity contribution in [3.05, 3.63) is 24.0 Å². The van der Waals surface area contributed by atoms with Crippen LogP contribution in [-0.4, -0.2) is 28.1 Å². The molecule has 0 amide bonds. The molecule has 1 aromatic heterocycles. The first-order chi connectivity index (χ1) is 8.18. The lowest BCUT2D eigenvalue weighted by Gasteiger charge is -2.30. The molecule has 0 spiro atoms. The van der Waals surface area contributed by atoms with Crippen molar-refractivity contribution in [3.63, 3.8) is 0 Å². The molecule has 92 valence electrons. The molecule has 0 aromatic carbocycles. The number of hydrogen-bond acceptors (Lipinski definition) is 4. The molecule has 2 unspecified atom stereocenters. The number of carboxylic acids is 1. The van der Waals surface area contributed by atoms with Crippen LogP contribution in [0.4, 0.5) is 5.69 Å². The number of nitrogens with one attached hydrogen (secondary N) is 1. The average molecular weight is 235 g/mol. The van der Waals surface area contributed by atoms with Crippen LogP contribution in [0.2, 0.25) is 0 Å². The molecule has 1 fully saturated rings. The second-order valence-corrected chi connectivity index (χ2v) is 4.43. The van der Waals surface area contributed by atoms with E-state index in [1.807, 2.05) is 0 Å². The van der Waals surface area contributed by atoms with Gasteiger partial charge >= 0.3 is 5.97 Å². The maximum Gasteiger partial charge on any atom is 0.339 e. The van der Waals surface area contributed by atoms with Gasteiger partial charge in [0.1, 0.15) is 5.56 Å². The predicted octanol–water partition coefficient (Wildman–Crippen LogP) is 1.46. The second-order valence-electron chi connectivity index (χ2n) is 4.43. The van der Waals surface area contributed by atoms with Gasteiger partial charge < -0.3 is 16.2 Å². The van der Waals surface area contributed by atoms with E-state index >= 15 is 0 Å². The van der Waals surface area contributed by atoms with Crippen LogP contribution in [0.1, 0.15) is 36.0 Å². The number of hydrogen-bond donors (Lipinski definition) is 3. The molecule has 1 heterocycles. The van der Waals surface area contributed by atoms with Crippen LogP contribution in [0, 0.1) is 0 Å². The fourth-order valence-corrected chi connectivity index (χ4v) is 2.23. The molecule has 1 aromatic rings. The number of rotatable bonds is 3. The average Bonchev–Trinajstić information content (AvgIpc) is 2.32. The molecule has 5 nitrogen and oxygen atoms in total. The molecule has 0 aliphatic heterocycles. The van der Waals surface area contributed by atoms with Crippen LogP contribution >= 0.6 is 0 Å². The van der Waals surface area contributed by atoms with E-state index in [0.29, 0.717) is 5.69 Å². The van der Waals surface area contributed by atoms with E-state index in [0.717, 1.165) is 25.7 Å². The topological polar surface area (TPSA) is 88.2 Å². The first kappa shape index (κ1) is 11.9. The van der Waals surface area contributed by atoms with Crippen molar-refractivity contribution in [3.8, 4) is 0 Å². The minimum absolute atomic E-state index is 0.0959. The van der Waals surface area contributed by atoms with Crippen molar-refractivity contribution in [1.29, 1.82) is 0 Å². The number of aromatic carboxylic acids is 1. The molecular weight excluding hydrogens is 218 g/mol. The van der Waals surface area contributed by atoms with Crippen molar-refractivity contribution in [2.24, 2.45) is 5.73 Å². The summed E-state index contributed by atoms with van der Waals surface area (Å²) in [5.41, 5.74) is 6.83. The molecular formula is C12H17N3O2. The number of aromatic nitrogens is 1. The van der Waals surface area contributed by atoms with Crippen LogP contribution in [0.25, 0.3) is 0 Å². The Hall–Kier alpha value is -1.62. The van der Waals surface area contributed by atoms with Gasteiger partial charge in [0.2, 0.25) is 0 Å². The fourth-order valence-electron chi connectivity index (χ4n) is 2.23. The molecule has 1 saturated carbocycles. The van der Waals surface area contributed by atoms with Crippen LogP contribution in [0.15, 0.2) is 18.5 Å². The Morgan fingerprint density at radius 3 is 2.94 bits per heavy atom. The highest BCUT2D eigenvalue weighted by molar-refractivity contribution is 5.93. The summed E-state index contributed by atoms with van der Waals surface area (Å²) in [4.78, 5) is 14.9. The van der Waals surface area contributed by atoms with Gasteiger partial charge in [0.05, 0.1) is 5.69 Å². The number of nitrogens with zero attached hydrogens (tertiary/aromatic N) is 1. The molecule has 5 heteroatoms. The number of carbonyl (C=O) groups is 1. The Morgan fingerprint density at radius 1 is 1.47 bits per heavy atom. The van der Waals surface area contributed by atoms with E-state index in [9.17, 15) is 4.79 Å². The molecule has 1 aliphatic rings. The molecule has 2 rings (SSSR count). The summed E-state index contributed by atoms with van der Waals surface area (Å²) in [6.07, 6.45) is 7.22. The lowest BCUT2D eigenvalue weighted by Crippen LogP contribution is -2.42. The Balaban J connectivity index is 2.14. The highest BCUT2D eigenvalue weighted by atomic mass is 16.4. The lowest BCUT2D eigenvalue weighted by atomic mass is 9.91. The zero-order valence-corrected chi connectivity index (χ0v) is 9.60. The van der Waals surface area contributed by atoms with E-state index in [2.05, 4.69) is 10.3 Å². The summed E-state index contributed by atoms with van der Waals surface area (Å²) < 4.78 is 0. The first-order valence-electron chi connectivity index (χ1n) is 5.88. The largest absolute Gasteiger partial charge is 0.478 e. The third-order valence-electron chi connectivity index (χ3n) is 3.21. The van der Waals surface area contributed by atoms with Crippen molar-refractivity contribution in [2.75, 3.05) is 5.32 Å². The van der Waals surface area contributed by atoms with Gasteiger partial charge in [0, 0.05) is 24.5 Å². The van der Waals surface area contributed by atoms with Gasteiger partial charge in [-0.1, -0.05) is 12.8 Å². The highest BCUT2D eigenvalue weighted by Gasteiger charge is 2.23. The Kier molecular flexibility index (Phi) is 3.58. The maximum atomic E-state index is 11.0. The summed E-state index contributed by atoms with van der Waals surface area (Å²) >= 11 is 0. The molecule has 17 heavy (non-hydrogen) atoms. The molecule has 4 N–H and O–H groups in total. The van der Waals surface area contributed by atoms with E-state index in [1.54, 1.807) is 12.3 Å². The molecule has 0 radical (unpaired) electrons. The summed E-state index contributed by atoms with van der Waals surface area (Å²) in [6.45, 7) is 0. The SMILES string of the molecule is NC1CCCCC1Nc1ccncc1C(=O)O. The Morgan fingerprint density at radius 2 is 2.24 bits per heavy atom. The summed E-state index contributed by atoms with van der Waals surface area (Å²) in [6, 6.07) is 1.94. The normalized spacial score (nSPS) is 24.3. The number of nitrogens with two attached hydrogens (primary N) is 1. The zero-order chi connectivity index (χ0) is 12.3. The van der Waals surface area contributed by atoms with Crippen molar-refractivity contribution < 1.29 is 9.90 Å². The number of pyridine rings is 1. The van der Waals surface area contributed by atoms with Gasteiger partial charge in [-0.3, -0.25) is 4.98 Å². The van der Waals surface area contributed by atoms with Gasteiger partial charge in [0.15, 0.2) is 0 Å². The predicted molar refractivity (Wildman–Crippen MR) is 65.1 cm³/mol. The van der Waals surface area contributed by atoms with Crippen molar-refractivity contribution >= 4 is 11.7 Å². The summed E-state index contributed by atoms with van der Waals surface area (Å²) in [7, 11) is 0.